The Morgan fingerprint density at radius 3 is 2.67 bits per heavy atom. The first-order chi connectivity index (χ1) is 10.2. The fourth-order valence-electron chi connectivity index (χ4n) is 2.98. The lowest BCUT2D eigenvalue weighted by Crippen LogP contribution is -2.27. The maximum absolute atomic E-state index is 9.45. The molecular formula is C17H26ClNO2. The van der Waals surface area contributed by atoms with Crippen molar-refractivity contribution in [3.05, 3.63) is 28.3 Å². The summed E-state index contributed by atoms with van der Waals surface area (Å²) in [6.45, 7) is 7.17. The molecule has 1 aromatic carbocycles. The third kappa shape index (κ3) is 4.12. The summed E-state index contributed by atoms with van der Waals surface area (Å²) in [6, 6.07) is 4.26. The number of rotatable bonds is 7. The number of likely N-dealkylation sites (tertiary alicyclic amines) is 1. The second-order valence-corrected chi connectivity index (χ2v) is 6.17. The first kappa shape index (κ1) is 16.6. The van der Waals surface area contributed by atoms with E-state index in [1.54, 1.807) is 0 Å². The molecule has 118 valence electrons. The number of benzene rings is 1. The molecule has 0 bridgehead atoms. The standard InChI is InChI=1S/C17H26ClNO2/c1-3-10-21-17-11-13(2)15(18)12-14(17)16(6-9-20)19-7-4-5-8-19/h11-12,16,20H,3-10H2,1-2H3. The van der Waals surface area contributed by atoms with Crippen LogP contribution in [0.15, 0.2) is 12.1 Å². The number of hydrogen-bond acceptors (Lipinski definition) is 3. The first-order valence-electron chi connectivity index (χ1n) is 7.95. The number of aliphatic hydroxyl groups excluding tert-OH is 1. The van der Waals surface area contributed by atoms with Crippen molar-refractivity contribution in [1.29, 1.82) is 0 Å². The van der Waals surface area contributed by atoms with Crippen LogP contribution in [0, 0.1) is 6.92 Å². The highest BCUT2D eigenvalue weighted by molar-refractivity contribution is 6.31. The fraction of sp³-hybridized carbons (Fsp3) is 0.647. The van der Waals surface area contributed by atoms with Gasteiger partial charge in [0.25, 0.3) is 0 Å². The predicted molar refractivity (Wildman–Crippen MR) is 87.2 cm³/mol. The maximum Gasteiger partial charge on any atom is 0.124 e. The zero-order chi connectivity index (χ0) is 15.2. The van der Waals surface area contributed by atoms with Gasteiger partial charge in [-0.3, -0.25) is 4.90 Å². The Kier molecular flexibility index (Phi) is 6.34. The van der Waals surface area contributed by atoms with E-state index < -0.39 is 0 Å². The largest absolute Gasteiger partial charge is 0.493 e. The summed E-state index contributed by atoms with van der Waals surface area (Å²) < 4.78 is 5.94. The zero-order valence-corrected chi connectivity index (χ0v) is 13.8. The monoisotopic (exact) mass is 311 g/mol. The van der Waals surface area contributed by atoms with E-state index in [0.717, 1.165) is 47.8 Å². The SMILES string of the molecule is CCCOc1cc(C)c(Cl)cc1C(CCO)N1CCCC1. The summed E-state index contributed by atoms with van der Waals surface area (Å²) in [5, 5.41) is 10.2. The van der Waals surface area contributed by atoms with Gasteiger partial charge < -0.3 is 9.84 Å². The average molecular weight is 312 g/mol. The van der Waals surface area contributed by atoms with E-state index in [-0.39, 0.29) is 12.6 Å². The summed E-state index contributed by atoms with van der Waals surface area (Å²) in [6.07, 6.45) is 4.16. The lowest BCUT2D eigenvalue weighted by molar-refractivity contribution is 0.180. The van der Waals surface area contributed by atoms with Crippen molar-refractivity contribution in [2.24, 2.45) is 0 Å². The number of hydrogen-bond donors (Lipinski definition) is 1. The minimum Gasteiger partial charge on any atom is -0.493 e. The number of aryl methyl sites for hydroxylation is 1. The van der Waals surface area contributed by atoms with E-state index in [0.29, 0.717) is 6.61 Å². The van der Waals surface area contributed by atoms with E-state index >= 15 is 0 Å². The molecule has 1 heterocycles. The van der Waals surface area contributed by atoms with Crippen molar-refractivity contribution in [3.63, 3.8) is 0 Å². The molecule has 1 atom stereocenters. The van der Waals surface area contributed by atoms with Gasteiger partial charge in [0.05, 0.1) is 6.61 Å². The molecule has 1 aliphatic heterocycles. The van der Waals surface area contributed by atoms with E-state index in [9.17, 15) is 5.11 Å². The van der Waals surface area contributed by atoms with Crippen LogP contribution in [0.2, 0.25) is 5.02 Å². The zero-order valence-electron chi connectivity index (χ0n) is 13.1. The van der Waals surface area contributed by atoms with Gasteiger partial charge in [0.1, 0.15) is 5.75 Å². The van der Waals surface area contributed by atoms with E-state index in [2.05, 4.69) is 11.8 Å². The molecule has 1 N–H and O–H groups in total. The van der Waals surface area contributed by atoms with Crippen LogP contribution in [0.4, 0.5) is 0 Å². The van der Waals surface area contributed by atoms with E-state index in [1.807, 2.05) is 19.1 Å². The summed E-state index contributed by atoms with van der Waals surface area (Å²) in [4.78, 5) is 2.44. The molecule has 4 heteroatoms. The van der Waals surface area contributed by atoms with Crippen molar-refractivity contribution < 1.29 is 9.84 Å². The summed E-state index contributed by atoms with van der Waals surface area (Å²) in [5.74, 6) is 0.920. The van der Waals surface area contributed by atoms with Gasteiger partial charge >= 0.3 is 0 Å². The van der Waals surface area contributed by atoms with Gasteiger partial charge in [-0.05, 0) is 63.4 Å². The molecule has 2 rings (SSSR count). The van der Waals surface area contributed by atoms with Gasteiger partial charge in [-0.2, -0.15) is 0 Å². The van der Waals surface area contributed by atoms with Gasteiger partial charge in [-0.1, -0.05) is 18.5 Å². The molecule has 1 saturated heterocycles. The molecule has 0 radical (unpaired) electrons. The van der Waals surface area contributed by atoms with Gasteiger partial charge in [0, 0.05) is 23.2 Å². The number of aliphatic hydroxyl groups is 1. The molecule has 1 aliphatic rings. The van der Waals surface area contributed by atoms with Crippen LogP contribution >= 0.6 is 11.6 Å². The van der Waals surface area contributed by atoms with Crippen LogP contribution < -0.4 is 4.74 Å². The maximum atomic E-state index is 9.45. The molecule has 0 amide bonds. The molecular weight excluding hydrogens is 286 g/mol. The van der Waals surface area contributed by atoms with Gasteiger partial charge in [-0.25, -0.2) is 0 Å². The smallest absolute Gasteiger partial charge is 0.124 e. The highest BCUT2D eigenvalue weighted by atomic mass is 35.5. The van der Waals surface area contributed by atoms with Crippen molar-refractivity contribution in [1.82, 2.24) is 4.90 Å². The lowest BCUT2D eigenvalue weighted by Gasteiger charge is -2.29. The number of halogens is 1. The molecule has 1 aromatic rings. The Balaban J connectivity index is 2.34. The topological polar surface area (TPSA) is 32.7 Å². The molecule has 0 saturated carbocycles. The molecule has 0 aliphatic carbocycles. The van der Waals surface area contributed by atoms with Gasteiger partial charge in [-0.15, -0.1) is 0 Å². The summed E-state index contributed by atoms with van der Waals surface area (Å²) in [5.41, 5.74) is 2.16. The second kappa shape index (κ2) is 8.02. The molecule has 1 fully saturated rings. The number of ether oxygens (including phenoxy) is 1. The average Bonchev–Trinajstić information content (AvgIpc) is 3.00. The Bertz CT molecular complexity index is 458. The van der Waals surface area contributed by atoms with Crippen molar-refractivity contribution >= 4 is 11.6 Å². The first-order valence-corrected chi connectivity index (χ1v) is 8.33. The van der Waals surface area contributed by atoms with Gasteiger partial charge in [0.2, 0.25) is 0 Å². The third-order valence-corrected chi connectivity index (χ3v) is 4.50. The normalized spacial score (nSPS) is 17.1. The van der Waals surface area contributed by atoms with Gasteiger partial charge in [0.15, 0.2) is 0 Å². The molecule has 0 aromatic heterocycles. The van der Waals surface area contributed by atoms with E-state index in [4.69, 9.17) is 16.3 Å². The van der Waals surface area contributed by atoms with Crippen molar-refractivity contribution in [3.8, 4) is 5.75 Å². The Morgan fingerprint density at radius 1 is 1.33 bits per heavy atom. The highest BCUT2D eigenvalue weighted by Crippen LogP contribution is 2.37. The summed E-state index contributed by atoms with van der Waals surface area (Å²) >= 11 is 6.33. The minimum absolute atomic E-state index is 0.180. The second-order valence-electron chi connectivity index (χ2n) is 5.76. The Labute approximate surface area is 132 Å². The molecule has 21 heavy (non-hydrogen) atoms. The molecule has 0 spiro atoms. The Morgan fingerprint density at radius 2 is 2.05 bits per heavy atom. The minimum atomic E-state index is 0.180. The number of nitrogens with zero attached hydrogens (tertiary/aromatic N) is 1. The molecule has 3 nitrogen and oxygen atoms in total. The van der Waals surface area contributed by atoms with Crippen LogP contribution in [0.25, 0.3) is 0 Å². The van der Waals surface area contributed by atoms with E-state index in [1.165, 1.54) is 12.8 Å². The van der Waals surface area contributed by atoms with Crippen molar-refractivity contribution in [2.75, 3.05) is 26.3 Å². The molecule has 1 unspecified atom stereocenters. The fourth-order valence-corrected chi connectivity index (χ4v) is 3.15. The highest BCUT2D eigenvalue weighted by Gasteiger charge is 2.26. The Hall–Kier alpha value is -0.770. The quantitative estimate of drug-likeness (QED) is 0.827. The van der Waals surface area contributed by atoms with Crippen LogP contribution in [0.3, 0.4) is 0 Å². The van der Waals surface area contributed by atoms with Crippen molar-refractivity contribution in [2.45, 2.75) is 45.6 Å². The lowest BCUT2D eigenvalue weighted by atomic mass is 9.99. The summed E-state index contributed by atoms with van der Waals surface area (Å²) in [7, 11) is 0. The third-order valence-electron chi connectivity index (χ3n) is 4.10. The van der Waals surface area contributed by atoms with Crippen LogP contribution in [-0.4, -0.2) is 36.3 Å². The van der Waals surface area contributed by atoms with Crippen LogP contribution in [0.1, 0.15) is 49.8 Å². The van der Waals surface area contributed by atoms with Crippen LogP contribution in [0.5, 0.6) is 5.75 Å². The predicted octanol–water partition coefficient (Wildman–Crippen LogP) is 3.96. The van der Waals surface area contributed by atoms with Crippen LogP contribution in [-0.2, 0) is 0 Å².